The van der Waals surface area contributed by atoms with Crippen LogP contribution in [0.2, 0.25) is 0 Å². The van der Waals surface area contributed by atoms with Gasteiger partial charge in [-0.3, -0.25) is 0 Å². The SMILES string of the molecule is COc1c(C[C@@H](C)O)c(C)nn1C. The number of nitrogens with zero attached hydrogens (tertiary/aromatic N) is 2. The second kappa shape index (κ2) is 3.79. The van der Waals surface area contributed by atoms with Crippen LogP contribution < -0.4 is 4.74 Å². The third kappa shape index (κ3) is 2.01. The molecule has 4 heteroatoms. The van der Waals surface area contributed by atoms with Gasteiger partial charge in [0.25, 0.3) is 0 Å². The van der Waals surface area contributed by atoms with Gasteiger partial charge in [-0.15, -0.1) is 0 Å². The maximum absolute atomic E-state index is 9.27. The molecule has 0 aliphatic heterocycles. The van der Waals surface area contributed by atoms with E-state index in [1.54, 1.807) is 18.7 Å². The van der Waals surface area contributed by atoms with E-state index in [0.717, 1.165) is 17.1 Å². The van der Waals surface area contributed by atoms with Gasteiger partial charge in [-0.1, -0.05) is 0 Å². The summed E-state index contributed by atoms with van der Waals surface area (Å²) in [5.74, 6) is 0.735. The van der Waals surface area contributed by atoms with Gasteiger partial charge in [-0.25, -0.2) is 4.68 Å². The number of hydrogen-bond acceptors (Lipinski definition) is 3. The number of aliphatic hydroxyl groups excluding tert-OH is 1. The summed E-state index contributed by atoms with van der Waals surface area (Å²) in [6.45, 7) is 3.67. The Morgan fingerprint density at radius 1 is 1.62 bits per heavy atom. The van der Waals surface area contributed by atoms with Crippen LogP contribution in [-0.4, -0.2) is 28.1 Å². The lowest BCUT2D eigenvalue weighted by molar-refractivity contribution is 0.193. The molecule has 13 heavy (non-hydrogen) atoms. The Balaban J connectivity index is 3.02. The number of hydrogen-bond donors (Lipinski definition) is 1. The van der Waals surface area contributed by atoms with Crippen LogP contribution in [0.3, 0.4) is 0 Å². The summed E-state index contributed by atoms with van der Waals surface area (Å²) in [7, 11) is 3.44. The molecule has 1 atom stereocenters. The van der Waals surface area contributed by atoms with Gasteiger partial charge in [-0.2, -0.15) is 5.10 Å². The summed E-state index contributed by atoms with van der Waals surface area (Å²) in [5, 5.41) is 13.5. The van der Waals surface area contributed by atoms with Gasteiger partial charge in [0.2, 0.25) is 5.88 Å². The number of aryl methyl sites for hydroxylation is 2. The number of rotatable bonds is 3. The molecule has 1 rings (SSSR count). The molecule has 0 aliphatic carbocycles. The normalized spacial score (nSPS) is 13.0. The molecule has 0 amide bonds. The third-order valence-electron chi connectivity index (χ3n) is 1.98. The smallest absolute Gasteiger partial charge is 0.214 e. The highest BCUT2D eigenvalue weighted by Gasteiger charge is 2.14. The Kier molecular flexibility index (Phi) is 2.93. The predicted octanol–water partition coefficient (Wildman–Crippen LogP) is 0.660. The zero-order chi connectivity index (χ0) is 10.0. The minimum atomic E-state index is -0.364. The van der Waals surface area contributed by atoms with Gasteiger partial charge >= 0.3 is 0 Å². The van der Waals surface area contributed by atoms with E-state index < -0.39 is 0 Å². The van der Waals surface area contributed by atoms with Crippen LogP contribution in [0, 0.1) is 6.92 Å². The summed E-state index contributed by atoms with van der Waals surface area (Å²) in [6, 6.07) is 0. The van der Waals surface area contributed by atoms with Crippen molar-refractivity contribution in [3.63, 3.8) is 0 Å². The van der Waals surface area contributed by atoms with E-state index >= 15 is 0 Å². The Labute approximate surface area is 78.1 Å². The Morgan fingerprint density at radius 3 is 2.69 bits per heavy atom. The molecule has 0 bridgehead atoms. The highest BCUT2D eigenvalue weighted by atomic mass is 16.5. The van der Waals surface area contributed by atoms with Gasteiger partial charge in [0.15, 0.2) is 0 Å². The second-order valence-corrected chi connectivity index (χ2v) is 3.25. The van der Waals surface area contributed by atoms with Crippen LogP contribution in [0.25, 0.3) is 0 Å². The maximum Gasteiger partial charge on any atom is 0.214 e. The van der Waals surface area contributed by atoms with E-state index in [0.29, 0.717) is 6.42 Å². The monoisotopic (exact) mass is 184 g/mol. The van der Waals surface area contributed by atoms with Crippen LogP contribution in [0.4, 0.5) is 0 Å². The average molecular weight is 184 g/mol. The van der Waals surface area contributed by atoms with E-state index in [2.05, 4.69) is 5.10 Å². The zero-order valence-electron chi connectivity index (χ0n) is 8.53. The van der Waals surface area contributed by atoms with E-state index in [-0.39, 0.29) is 6.10 Å². The van der Waals surface area contributed by atoms with E-state index in [9.17, 15) is 5.11 Å². The van der Waals surface area contributed by atoms with Crippen molar-refractivity contribution in [2.75, 3.05) is 7.11 Å². The lowest BCUT2D eigenvalue weighted by Gasteiger charge is -2.06. The van der Waals surface area contributed by atoms with Crippen molar-refractivity contribution in [2.45, 2.75) is 26.4 Å². The minimum absolute atomic E-state index is 0.364. The zero-order valence-corrected chi connectivity index (χ0v) is 8.53. The molecule has 0 aromatic carbocycles. The number of methoxy groups -OCH3 is 1. The average Bonchev–Trinajstić information content (AvgIpc) is 2.26. The molecule has 0 aliphatic rings. The van der Waals surface area contributed by atoms with E-state index in [1.807, 2.05) is 14.0 Å². The van der Waals surface area contributed by atoms with E-state index in [1.165, 1.54) is 0 Å². The summed E-state index contributed by atoms with van der Waals surface area (Å²) < 4.78 is 6.87. The molecule has 0 saturated heterocycles. The van der Waals surface area contributed by atoms with Crippen molar-refractivity contribution < 1.29 is 9.84 Å². The minimum Gasteiger partial charge on any atom is -0.481 e. The summed E-state index contributed by atoms with van der Waals surface area (Å²) in [5.41, 5.74) is 1.90. The van der Waals surface area contributed by atoms with Crippen LogP contribution in [0.1, 0.15) is 18.2 Å². The molecule has 0 fully saturated rings. The molecule has 1 aromatic rings. The van der Waals surface area contributed by atoms with Gasteiger partial charge < -0.3 is 9.84 Å². The number of ether oxygens (including phenoxy) is 1. The molecule has 0 saturated carbocycles. The third-order valence-corrected chi connectivity index (χ3v) is 1.98. The van der Waals surface area contributed by atoms with Crippen LogP contribution in [0.15, 0.2) is 0 Å². The summed E-state index contributed by atoms with van der Waals surface area (Å²) >= 11 is 0. The van der Waals surface area contributed by atoms with Crippen molar-refractivity contribution in [3.05, 3.63) is 11.3 Å². The molecule has 74 valence electrons. The standard InChI is InChI=1S/C9H16N2O2/c1-6(12)5-8-7(2)10-11(3)9(8)13-4/h6,12H,5H2,1-4H3/t6-/m1/s1. The molecule has 4 nitrogen and oxygen atoms in total. The molecule has 1 N–H and O–H groups in total. The van der Waals surface area contributed by atoms with Crippen molar-refractivity contribution in [1.82, 2.24) is 9.78 Å². The molecule has 0 radical (unpaired) electrons. The summed E-state index contributed by atoms with van der Waals surface area (Å²) in [4.78, 5) is 0. The van der Waals surface area contributed by atoms with Crippen LogP contribution >= 0.6 is 0 Å². The molecule has 0 unspecified atom stereocenters. The molecule has 0 spiro atoms. The molecular weight excluding hydrogens is 168 g/mol. The highest BCUT2D eigenvalue weighted by Crippen LogP contribution is 2.22. The topological polar surface area (TPSA) is 47.3 Å². The van der Waals surface area contributed by atoms with E-state index in [4.69, 9.17) is 4.74 Å². The van der Waals surface area contributed by atoms with Crippen molar-refractivity contribution >= 4 is 0 Å². The first-order valence-corrected chi connectivity index (χ1v) is 4.30. The van der Waals surface area contributed by atoms with Crippen molar-refractivity contribution in [3.8, 4) is 5.88 Å². The Hall–Kier alpha value is -1.03. The van der Waals surface area contributed by atoms with Gasteiger partial charge in [0, 0.05) is 19.0 Å². The van der Waals surface area contributed by atoms with Crippen molar-refractivity contribution in [2.24, 2.45) is 7.05 Å². The number of aromatic nitrogens is 2. The van der Waals surface area contributed by atoms with Crippen LogP contribution in [-0.2, 0) is 13.5 Å². The first kappa shape index (κ1) is 10.1. The highest BCUT2D eigenvalue weighted by molar-refractivity contribution is 5.31. The molecule has 1 heterocycles. The summed E-state index contributed by atoms with van der Waals surface area (Å²) in [6.07, 6.45) is 0.222. The fourth-order valence-corrected chi connectivity index (χ4v) is 1.47. The lowest BCUT2D eigenvalue weighted by atomic mass is 10.1. The molecular formula is C9H16N2O2. The quantitative estimate of drug-likeness (QED) is 0.750. The van der Waals surface area contributed by atoms with Gasteiger partial charge in [0.05, 0.1) is 18.9 Å². The van der Waals surface area contributed by atoms with Gasteiger partial charge in [-0.05, 0) is 13.8 Å². The maximum atomic E-state index is 9.27. The first-order chi connectivity index (χ1) is 6.06. The number of aliphatic hydroxyl groups is 1. The fourth-order valence-electron chi connectivity index (χ4n) is 1.47. The predicted molar refractivity (Wildman–Crippen MR) is 49.9 cm³/mol. The van der Waals surface area contributed by atoms with Crippen molar-refractivity contribution in [1.29, 1.82) is 0 Å². The first-order valence-electron chi connectivity index (χ1n) is 4.30. The largest absolute Gasteiger partial charge is 0.481 e. The van der Waals surface area contributed by atoms with Gasteiger partial charge in [0.1, 0.15) is 0 Å². The fraction of sp³-hybridized carbons (Fsp3) is 0.667. The Bertz CT molecular complexity index is 292. The lowest BCUT2D eigenvalue weighted by Crippen LogP contribution is -2.06. The van der Waals surface area contributed by atoms with Crippen LogP contribution in [0.5, 0.6) is 5.88 Å². The second-order valence-electron chi connectivity index (χ2n) is 3.25. The Morgan fingerprint density at radius 2 is 2.23 bits per heavy atom. The molecule has 1 aromatic heterocycles.